The van der Waals surface area contributed by atoms with Crippen LogP contribution in [0.4, 0.5) is 0 Å². The van der Waals surface area contributed by atoms with Gasteiger partial charge in [0.1, 0.15) is 0 Å². The van der Waals surface area contributed by atoms with Crippen LogP contribution in [0.25, 0.3) is 64.3 Å². The summed E-state index contributed by atoms with van der Waals surface area (Å²) in [5, 5.41) is 5.25. The molecule has 0 saturated heterocycles. The molecule has 1 heterocycles. The van der Waals surface area contributed by atoms with E-state index >= 15 is 0 Å². The van der Waals surface area contributed by atoms with Crippen LogP contribution in [0.15, 0.2) is 255 Å². The largest absolute Gasteiger partial charge is 0.135 e. The fraction of sp³-hybridized carbons (Fsp3) is 0.0448. The maximum Gasteiger partial charge on any atom is 0.0713 e. The van der Waals surface area contributed by atoms with Crippen LogP contribution < -0.4 is 0 Å². The summed E-state index contributed by atoms with van der Waals surface area (Å²) in [5.74, 6) is 0.0784. The van der Waals surface area contributed by atoms with E-state index in [2.05, 4.69) is 255 Å². The molecule has 68 heavy (non-hydrogen) atoms. The fourth-order valence-corrected chi connectivity index (χ4v) is 13.5. The number of benzene rings is 11. The number of hydrogen-bond acceptors (Lipinski definition) is 1. The Hall–Kier alpha value is -8.10. The fourth-order valence-electron chi connectivity index (χ4n) is 12.4. The van der Waals surface area contributed by atoms with Gasteiger partial charge in [0.25, 0.3) is 0 Å². The van der Waals surface area contributed by atoms with Gasteiger partial charge >= 0.3 is 0 Å². The van der Waals surface area contributed by atoms with Crippen molar-refractivity contribution in [2.45, 2.75) is 17.3 Å². The van der Waals surface area contributed by atoms with Crippen LogP contribution in [0.1, 0.15) is 67.5 Å². The first-order chi connectivity index (χ1) is 33.7. The highest BCUT2D eigenvalue weighted by Gasteiger charge is 2.46. The predicted octanol–water partition coefficient (Wildman–Crippen LogP) is 17.6. The van der Waals surface area contributed by atoms with Crippen molar-refractivity contribution in [3.05, 3.63) is 310 Å². The van der Waals surface area contributed by atoms with Crippen molar-refractivity contribution >= 4 is 42.3 Å². The summed E-state index contributed by atoms with van der Waals surface area (Å²) in [7, 11) is 0. The lowest BCUT2D eigenvalue weighted by atomic mass is 9.67. The molecule has 318 valence electrons. The van der Waals surface area contributed by atoms with Crippen LogP contribution in [0.3, 0.4) is 0 Å². The molecule has 2 atom stereocenters. The van der Waals surface area contributed by atoms with Crippen molar-refractivity contribution in [3.63, 3.8) is 0 Å². The summed E-state index contributed by atoms with van der Waals surface area (Å²) in [6.07, 6.45) is 0. The molecule has 12 aromatic rings. The van der Waals surface area contributed by atoms with Crippen molar-refractivity contribution < 1.29 is 0 Å². The van der Waals surface area contributed by atoms with Crippen LogP contribution in [0.5, 0.6) is 0 Å². The second kappa shape index (κ2) is 15.5. The van der Waals surface area contributed by atoms with E-state index in [1.54, 1.807) is 0 Å². The third-order valence-corrected chi connectivity index (χ3v) is 16.3. The molecule has 2 unspecified atom stereocenters. The molecule has 0 N–H and O–H groups in total. The Balaban J connectivity index is 0.966. The van der Waals surface area contributed by atoms with Crippen molar-refractivity contribution in [2.75, 3.05) is 0 Å². The standard InChI is InChI=1S/C67H44S/c1-3-22-48(23-4-1)67(49-24-5-2-6-25-49)60-33-13-11-28-53(60)54-39-37-47(42-61(54)67)64(55-31-16-19-43-18-7-8-26-50(43)55)46-21-15-20-44(40-46)45-36-38-52-51-27-9-10-29-56(51)65(59(52)41-45)58-32-17-35-63-66(58)57-30-12-14-34-62(57)68-63/h1-42,64-65H. The SMILES string of the molecule is c1ccc(C2(c3ccccc3)c3ccccc3-c3ccc(C(c4cccc(-c5ccc6c(c5)C(c5cccc7sc8ccccc8c57)c5ccccc5-6)c4)c4cccc5ccccc45)cc32)cc1. The summed E-state index contributed by atoms with van der Waals surface area (Å²) in [6.45, 7) is 0. The Morgan fingerprint density at radius 1 is 0.353 bits per heavy atom. The van der Waals surface area contributed by atoms with Gasteiger partial charge in [-0.1, -0.05) is 237 Å². The molecule has 0 spiro atoms. The van der Waals surface area contributed by atoms with Crippen LogP contribution in [-0.4, -0.2) is 0 Å². The Morgan fingerprint density at radius 2 is 0.941 bits per heavy atom. The monoisotopic (exact) mass is 880 g/mol. The summed E-state index contributed by atoms with van der Waals surface area (Å²) in [4.78, 5) is 0. The van der Waals surface area contributed by atoms with Gasteiger partial charge in [0.15, 0.2) is 0 Å². The van der Waals surface area contributed by atoms with Gasteiger partial charge in [-0.2, -0.15) is 0 Å². The number of thiophene rings is 1. The maximum atomic E-state index is 2.56. The zero-order chi connectivity index (χ0) is 44.8. The zero-order valence-electron chi connectivity index (χ0n) is 37.3. The molecule has 11 aromatic carbocycles. The molecule has 0 radical (unpaired) electrons. The van der Waals surface area contributed by atoms with Gasteiger partial charge in [0.2, 0.25) is 0 Å². The van der Waals surface area contributed by atoms with E-state index in [-0.39, 0.29) is 11.8 Å². The van der Waals surface area contributed by atoms with Crippen LogP contribution >= 0.6 is 11.3 Å². The third-order valence-electron chi connectivity index (χ3n) is 15.2. The smallest absolute Gasteiger partial charge is 0.0713 e. The summed E-state index contributed by atoms with van der Waals surface area (Å²) >= 11 is 1.90. The first kappa shape index (κ1) is 39.1. The number of fused-ring (bicyclic) bond motifs is 10. The van der Waals surface area contributed by atoms with Gasteiger partial charge in [-0.05, 0) is 118 Å². The van der Waals surface area contributed by atoms with Crippen molar-refractivity contribution in [1.82, 2.24) is 0 Å². The lowest BCUT2D eigenvalue weighted by Crippen LogP contribution is -2.28. The molecule has 0 fully saturated rings. The topological polar surface area (TPSA) is 0 Å². The first-order valence-electron chi connectivity index (χ1n) is 23.8. The molecule has 0 aliphatic heterocycles. The third kappa shape index (κ3) is 5.79. The Kier molecular flexibility index (Phi) is 8.91. The zero-order valence-corrected chi connectivity index (χ0v) is 38.1. The molecule has 1 heteroatoms. The minimum atomic E-state index is -0.492. The molecule has 0 amide bonds. The van der Waals surface area contributed by atoms with Crippen molar-refractivity contribution in [2.24, 2.45) is 0 Å². The number of hydrogen-bond donors (Lipinski definition) is 0. The number of rotatable bonds is 7. The summed E-state index contributed by atoms with van der Waals surface area (Å²) in [6, 6.07) is 96.1. The lowest BCUT2D eigenvalue weighted by molar-refractivity contribution is 0.765. The Labute approximate surface area is 401 Å². The van der Waals surface area contributed by atoms with E-state index in [0.717, 1.165) is 0 Å². The highest BCUT2D eigenvalue weighted by Crippen LogP contribution is 2.57. The molecule has 0 bridgehead atoms. The minimum absolute atomic E-state index is 0.0461. The molecular weight excluding hydrogens is 837 g/mol. The summed E-state index contributed by atoms with van der Waals surface area (Å²) in [5.41, 5.74) is 20.4. The van der Waals surface area contributed by atoms with E-state index < -0.39 is 5.41 Å². The normalized spacial score (nSPS) is 14.7. The average molecular weight is 881 g/mol. The van der Waals surface area contributed by atoms with Gasteiger partial charge < -0.3 is 0 Å². The highest BCUT2D eigenvalue weighted by molar-refractivity contribution is 7.25. The molecule has 2 aliphatic carbocycles. The minimum Gasteiger partial charge on any atom is -0.135 e. The van der Waals surface area contributed by atoms with Crippen molar-refractivity contribution in [1.29, 1.82) is 0 Å². The molecule has 0 saturated carbocycles. The van der Waals surface area contributed by atoms with Crippen LogP contribution in [0, 0.1) is 0 Å². The predicted molar refractivity (Wildman–Crippen MR) is 286 cm³/mol. The van der Waals surface area contributed by atoms with Crippen LogP contribution in [-0.2, 0) is 5.41 Å². The Morgan fingerprint density at radius 3 is 1.79 bits per heavy atom. The molecule has 1 aromatic heterocycles. The second-order valence-electron chi connectivity index (χ2n) is 18.6. The van der Waals surface area contributed by atoms with Gasteiger partial charge in [-0.3, -0.25) is 0 Å². The maximum absolute atomic E-state index is 2.56. The average Bonchev–Trinajstić information content (AvgIpc) is 4.06. The molecule has 2 aliphatic rings. The van der Waals surface area contributed by atoms with Gasteiger partial charge in [0.05, 0.1) is 5.41 Å². The van der Waals surface area contributed by atoms with E-state index in [9.17, 15) is 0 Å². The van der Waals surface area contributed by atoms with Crippen LogP contribution in [0.2, 0.25) is 0 Å². The Bertz CT molecular complexity index is 3890. The van der Waals surface area contributed by atoms with Crippen molar-refractivity contribution in [3.8, 4) is 33.4 Å². The quantitative estimate of drug-likeness (QED) is 0.140. The van der Waals surface area contributed by atoms with Gasteiger partial charge in [0, 0.05) is 32.0 Å². The van der Waals surface area contributed by atoms with E-state index in [0.29, 0.717) is 0 Å². The van der Waals surface area contributed by atoms with Gasteiger partial charge in [-0.15, -0.1) is 11.3 Å². The molecule has 0 nitrogen and oxygen atoms in total. The van der Waals surface area contributed by atoms with Gasteiger partial charge in [-0.25, -0.2) is 0 Å². The summed E-state index contributed by atoms with van der Waals surface area (Å²) < 4.78 is 2.68. The molecular formula is C67H44S. The van der Waals surface area contributed by atoms with E-state index in [1.807, 2.05) is 11.3 Å². The van der Waals surface area contributed by atoms with E-state index in [4.69, 9.17) is 0 Å². The first-order valence-corrected chi connectivity index (χ1v) is 24.6. The lowest BCUT2D eigenvalue weighted by Gasteiger charge is -2.34. The molecule has 14 rings (SSSR count). The second-order valence-corrected chi connectivity index (χ2v) is 19.7. The van der Waals surface area contributed by atoms with E-state index in [1.165, 1.54) is 120 Å². The highest BCUT2D eigenvalue weighted by atomic mass is 32.1.